The molecule has 1 aliphatic rings. The first-order valence-electron chi connectivity index (χ1n) is 9.60. The molecule has 2 aromatic rings. The van der Waals surface area contributed by atoms with Crippen molar-refractivity contribution in [2.24, 2.45) is 4.99 Å². The highest BCUT2D eigenvalue weighted by molar-refractivity contribution is 14.0. The van der Waals surface area contributed by atoms with Gasteiger partial charge in [-0.05, 0) is 32.9 Å². The van der Waals surface area contributed by atoms with Gasteiger partial charge in [0.2, 0.25) is 0 Å². The van der Waals surface area contributed by atoms with Crippen molar-refractivity contribution in [1.82, 2.24) is 20.7 Å². The van der Waals surface area contributed by atoms with E-state index in [9.17, 15) is 0 Å². The summed E-state index contributed by atoms with van der Waals surface area (Å²) in [6.07, 6.45) is 4.02. The number of piperidine rings is 1. The summed E-state index contributed by atoms with van der Waals surface area (Å²) < 4.78 is 5.44. The van der Waals surface area contributed by atoms with Gasteiger partial charge in [-0.25, -0.2) is 4.99 Å². The Kier molecular flexibility index (Phi) is 9.61. The number of nitrogens with zero attached hydrogens (tertiary/aromatic N) is 3. The van der Waals surface area contributed by atoms with E-state index in [1.807, 2.05) is 36.4 Å². The molecule has 0 spiro atoms. The molecule has 2 heterocycles. The Balaban J connectivity index is 0.00000261. The van der Waals surface area contributed by atoms with Crippen molar-refractivity contribution < 1.29 is 4.52 Å². The van der Waals surface area contributed by atoms with Crippen LogP contribution in [0.15, 0.2) is 45.9 Å². The quantitative estimate of drug-likeness (QED) is 0.359. The first-order chi connectivity index (χ1) is 12.8. The monoisotopic (exact) mass is 483 g/mol. The second-order valence-corrected chi connectivity index (χ2v) is 6.57. The summed E-state index contributed by atoms with van der Waals surface area (Å²) in [4.78, 5) is 7.14. The van der Waals surface area contributed by atoms with Crippen molar-refractivity contribution in [2.75, 3.05) is 32.7 Å². The highest BCUT2D eigenvalue weighted by atomic mass is 127. The van der Waals surface area contributed by atoms with Gasteiger partial charge in [0.25, 0.3) is 0 Å². The predicted octanol–water partition coefficient (Wildman–Crippen LogP) is 3.50. The molecule has 2 N–H and O–H groups in total. The fourth-order valence-corrected chi connectivity index (χ4v) is 3.14. The molecule has 0 saturated carbocycles. The maximum Gasteiger partial charge on any atom is 0.191 e. The van der Waals surface area contributed by atoms with Crippen LogP contribution in [-0.2, 0) is 6.54 Å². The Hall–Kier alpha value is -1.61. The molecular formula is C20H30IN5O. The van der Waals surface area contributed by atoms with Crippen molar-refractivity contribution in [3.8, 4) is 11.3 Å². The number of likely N-dealkylation sites (tertiary alicyclic amines) is 1. The zero-order valence-corrected chi connectivity index (χ0v) is 18.3. The molecule has 27 heavy (non-hydrogen) atoms. The van der Waals surface area contributed by atoms with Crippen LogP contribution in [0.4, 0.5) is 0 Å². The first kappa shape index (κ1) is 21.7. The molecule has 148 valence electrons. The van der Waals surface area contributed by atoms with E-state index in [4.69, 9.17) is 4.52 Å². The largest absolute Gasteiger partial charge is 0.357 e. The Labute approximate surface area is 178 Å². The summed E-state index contributed by atoms with van der Waals surface area (Å²) in [7, 11) is 0. The molecule has 1 saturated heterocycles. The predicted molar refractivity (Wildman–Crippen MR) is 120 cm³/mol. The second-order valence-electron chi connectivity index (χ2n) is 6.57. The highest BCUT2D eigenvalue weighted by Gasteiger charge is 2.10. The molecule has 0 unspecified atom stereocenters. The molecule has 6 nitrogen and oxygen atoms in total. The van der Waals surface area contributed by atoms with E-state index in [2.05, 4.69) is 32.6 Å². The summed E-state index contributed by atoms with van der Waals surface area (Å²) in [5.41, 5.74) is 1.86. The fraction of sp³-hybridized carbons (Fsp3) is 0.500. The molecule has 0 radical (unpaired) electrons. The summed E-state index contributed by atoms with van der Waals surface area (Å²) in [6.45, 7) is 7.81. The van der Waals surface area contributed by atoms with E-state index >= 15 is 0 Å². The molecule has 1 aromatic heterocycles. The zero-order valence-electron chi connectivity index (χ0n) is 16.0. The Morgan fingerprint density at radius 2 is 1.93 bits per heavy atom. The highest BCUT2D eigenvalue weighted by Crippen LogP contribution is 2.19. The van der Waals surface area contributed by atoms with Crippen LogP contribution in [0.25, 0.3) is 11.3 Å². The minimum Gasteiger partial charge on any atom is -0.357 e. The molecule has 0 bridgehead atoms. The molecule has 1 aromatic carbocycles. The minimum absolute atomic E-state index is 0. The maximum absolute atomic E-state index is 5.44. The second kappa shape index (κ2) is 12.0. The maximum atomic E-state index is 5.44. The Bertz CT molecular complexity index is 683. The lowest BCUT2D eigenvalue weighted by Gasteiger charge is -2.26. The van der Waals surface area contributed by atoms with Crippen LogP contribution in [0.5, 0.6) is 0 Å². The van der Waals surface area contributed by atoms with Gasteiger partial charge >= 0.3 is 0 Å². The van der Waals surface area contributed by atoms with Crippen molar-refractivity contribution >= 4 is 29.9 Å². The fourth-order valence-electron chi connectivity index (χ4n) is 3.14. The van der Waals surface area contributed by atoms with Crippen LogP contribution >= 0.6 is 24.0 Å². The van der Waals surface area contributed by atoms with Crippen LogP contribution in [0, 0.1) is 0 Å². The number of rotatable bonds is 7. The van der Waals surface area contributed by atoms with E-state index in [1.54, 1.807) is 0 Å². The summed E-state index contributed by atoms with van der Waals surface area (Å²) in [6, 6.07) is 12.0. The number of halogens is 1. The van der Waals surface area contributed by atoms with Crippen LogP contribution in [0.1, 0.15) is 31.9 Å². The SMILES string of the molecule is CCNC(=NCc1cc(-c2ccccc2)on1)NCCN1CCCCC1.I. The van der Waals surface area contributed by atoms with Gasteiger partial charge in [0.15, 0.2) is 11.7 Å². The number of aliphatic imine (C=N–C) groups is 1. The standard InChI is InChI=1S/C20H29N5O.HI/c1-2-21-20(22-11-14-25-12-7-4-8-13-25)23-16-18-15-19(26-24-18)17-9-5-3-6-10-17;/h3,5-6,9-10,15H,2,4,7-8,11-14,16H2,1H3,(H2,21,22,23);1H. The van der Waals surface area contributed by atoms with Gasteiger partial charge in [-0.3, -0.25) is 0 Å². The Morgan fingerprint density at radius 3 is 2.67 bits per heavy atom. The lowest BCUT2D eigenvalue weighted by molar-refractivity contribution is 0.232. The summed E-state index contributed by atoms with van der Waals surface area (Å²) >= 11 is 0. The van der Waals surface area contributed by atoms with Gasteiger partial charge in [-0.1, -0.05) is 41.9 Å². The van der Waals surface area contributed by atoms with Crippen LogP contribution in [0.2, 0.25) is 0 Å². The Morgan fingerprint density at radius 1 is 1.15 bits per heavy atom. The van der Waals surface area contributed by atoms with E-state index in [0.29, 0.717) is 6.54 Å². The van der Waals surface area contributed by atoms with E-state index in [1.165, 1.54) is 32.4 Å². The van der Waals surface area contributed by atoms with Crippen LogP contribution < -0.4 is 10.6 Å². The molecular weight excluding hydrogens is 453 g/mol. The van der Waals surface area contributed by atoms with Gasteiger partial charge in [0.05, 0.1) is 6.54 Å². The molecule has 7 heteroatoms. The van der Waals surface area contributed by atoms with Crippen molar-refractivity contribution in [1.29, 1.82) is 0 Å². The smallest absolute Gasteiger partial charge is 0.191 e. The van der Waals surface area contributed by atoms with Crippen molar-refractivity contribution in [3.05, 3.63) is 42.1 Å². The van der Waals surface area contributed by atoms with Gasteiger partial charge in [0.1, 0.15) is 5.69 Å². The molecule has 3 rings (SSSR count). The average molecular weight is 483 g/mol. The molecule has 0 atom stereocenters. The van der Waals surface area contributed by atoms with Gasteiger partial charge in [0, 0.05) is 31.3 Å². The van der Waals surface area contributed by atoms with Crippen molar-refractivity contribution in [3.63, 3.8) is 0 Å². The van der Waals surface area contributed by atoms with Gasteiger partial charge in [-0.15, -0.1) is 24.0 Å². The van der Waals surface area contributed by atoms with Crippen molar-refractivity contribution in [2.45, 2.75) is 32.7 Å². The lowest BCUT2D eigenvalue weighted by Crippen LogP contribution is -2.42. The number of nitrogens with one attached hydrogen (secondary N) is 2. The topological polar surface area (TPSA) is 65.7 Å². The minimum atomic E-state index is 0. The summed E-state index contributed by atoms with van der Waals surface area (Å²) in [5.74, 6) is 1.60. The number of hydrogen-bond acceptors (Lipinski definition) is 4. The number of benzene rings is 1. The van der Waals surface area contributed by atoms with Crippen LogP contribution in [0.3, 0.4) is 0 Å². The number of aromatic nitrogens is 1. The molecule has 1 aliphatic heterocycles. The zero-order chi connectivity index (χ0) is 18.0. The third-order valence-electron chi connectivity index (χ3n) is 4.53. The van der Waals surface area contributed by atoms with E-state index < -0.39 is 0 Å². The summed E-state index contributed by atoms with van der Waals surface area (Å²) in [5, 5.41) is 10.8. The van der Waals surface area contributed by atoms with Crippen LogP contribution in [-0.4, -0.2) is 48.7 Å². The molecule has 1 fully saturated rings. The first-order valence-corrected chi connectivity index (χ1v) is 9.60. The normalized spacial score (nSPS) is 15.2. The third-order valence-corrected chi connectivity index (χ3v) is 4.53. The van der Waals surface area contributed by atoms with Gasteiger partial charge < -0.3 is 20.1 Å². The molecule has 0 amide bonds. The lowest BCUT2D eigenvalue weighted by atomic mass is 10.1. The molecule has 0 aliphatic carbocycles. The van der Waals surface area contributed by atoms with Gasteiger partial charge in [-0.2, -0.15) is 0 Å². The average Bonchev–Trinajstić information content (AvgIpc) is 3.17. The number of hydrogen-bond donors (Lipinski definition) is 2. The van der Waals surface area contributed by atoms with E-state index in [0.717, 1.165) is 42.6 Å². The number of guanidine groups is 1. The van der Waals surface area contributed by atoms with E-state index in [-0.39, 0.29) is 24.0 Å². The third kappa shape index (κ3) is 7.14.